The number of rotatable bonds is 4. The Morgan fingerprint density at radius 3 is 3.00 bits per heavy atom. The van der Waals surface area contributed by atoms with E-state index in [1.54, 1.807) is 17.6 Å². The van der Waals surface area contributed by atoms with Crippen LogP contribution >= 0.6 is 11.3 Å². The maximum Gasteiger partial charge on any atom is 0.236 e. The van der Waals surface area contributed by atoms with Crippen molar-refractivity contribution in [2.24, 2.45) is 0 Å². The zero-order chi connectivity index (χ0) is 10.7. The lowest BCUT2D eigenvalue weighted by atomic mass is 10.4. The summed E-state index contributed by atoms with van der Waals surface area (Å²) in [4.78, 5) is 6.86. The zero-order valence-electron chi connectivity index (χ0n) is 8.91. The van der Waals surface area contributed by atoms with Crippen molar-refractivity contribution in [1.29, 1.82) is 0 Å². The second kappa shape index (κ2) is 4.59. The zero-order valence-corrected chi connectivity index (χ0v) is 9.73. The largest absolute Gasteiger partial charge is 0.444 e. The van der Waals surface area contributed by atoms with Crippen molar-refractivity contribution in [3.63, 3.8) is 0 Å². The van der Waals surface area contributed by atoms with E-state index in [0.29, 0.717) is 0 Å². The first kappa shape index (κ1) is 10.4. The van der Waals surface area contributed by atoms with Crippen LogP contribution in [0.4, 0.5) is 0 Å². The first-order chi connectivity index (χ1) is 7.33. The van der Waals surface area contributed by atoms with Crippen LogP contribution < -0.4 is 5.32 Å². The summed E-state index contributed by atoms with van der Waals surface area (Å²) in [5.41, 5.74) is 0.943. The van der Waals surface area contributed by atoms with E-state index in [1.807, 2.05) is 7.05 Å². The standard InChI is InChI=1S/C11H14N2OS/c1-3-9-4-5-10(15-9)11-13-8(6-12-2)7-14-11/h4-5,7,12H,3,6H2,1-2H3. The van der Waals surface area contributed by atoms with Gasteiger partial charge in [-0.15, -0.1) is 11.3 Å². The van der Waals surface area contributed by atoms with E-state index in [1.165, 1.54) is 4.88 Å². The fourth-order valence-electron chi connectivity index (χ4n) is 1.37. The van der Waals surface area contributed by atoms with Crippen molar-refractivity contribution in [3.8, 4) is 10.8 Å². The summed E-state index contributed by atoms with van der Waals surface area (Å²) in [6.45, 7) is 2.90. The summed E-state index contributed by atoms with van der Waals surface area (Å²) in [5.74, 6) is 0.727. The van der Waals surface area contributed by atoms with Gasteiger partial charge in [-0.05, 0) is 25.6 Å². The van der Waals surface area contributed by atoms with Crippen LogP contribution in [0.2, 0.25) is 0 Å². The molecule has 4 heteroatoms. The van der Waals surface area contributed by atoms with E-state index in [4.69, 9.17) is 4.42 Å². The normalized spacial score (nSPS) is 10.8. The predicted octanol–water partition coefficient (Wildman–Crippen LogP) is 2.68. The molecule has 0 bridgehead atoms. The van der Waals surface area contributed by atoms with Gasteiger partial charge in [-0.3, -0.25) is 0 Å². The van der Waals surface area contributed by atoms with Gasteiger partial charge in [-0.25, -0.2) is 4.98 Å². The van der Waals surface area contributed by atoms with Gasteiger partial charge >= 0.3 is 0 Å². The lowest BCUT2D eigenvalue weighted by Crippen LogP contribution is -2.04. The molecule has 0 unspecified atom stereocenters. The number of hydrogen-bond donors (Lipinski definition) is 1. The minimum atomic E-state index is 0.727. The number of thiophene rings is 1. The van der Waals surface area contributed by atoms with Crippen molar-refractivity contribution >= 4 is 11.3 Å². The second-order valence-electron chi connectivity index (χ2n) is 3.29. The molecule has 0 aliphatic carbocycles. The lowest BCUT2D eigenvalue weighted by Gasteiger charge is -1.89. The molecular weight excluding hydrogens is 208 g/mol. The van der Waals surface area contributed by atoms with Gasteiger partial charge in [-0.1, -0.05) is 6.92 Å². The molecule has 0 radical (unpaired) electrons. The van der Waals surface area contributed by atoms with Gasteiger partial charge in [-0.2, -0.15) is 0 Å². The highest BCUT2D eigenvalue weighted by Crippen LogP contribution is 2.27. The van der Waals surface area contributed by atoms with Crippen molar-refractivity contribution in [2.75, 3.05) is 7.05 Å². The van der Waals surface area contributed by atoms with E-state index in [0.717, 1.165) is 29.4 Å². The molecule has 0 fully saturated rings. The van der Waals surface area contributed by atoms with Gasteiger partial charge < -0.3 is 9.73 Å². The fourth-order valence-corrected chi connectivity index (χ4v) is 2.25. The Morgan fingerprint density at radius 1 is 1.47 bits per heavy atom. The smallest absolute Gasteiger partial charge is 0.236 e. The van der Waals surface area contributed by atoms with Crippen LogP contribution in [0.5, 0.6) is 0 Å². The van der Waals surface area contributed by atoms with Crippen LogP contribution in [0.25, 0.3) is 10.8 Å². The number of nitrogens with zero attached hydrogens (tertiary/aromatic N) is 1. The lowest BCUT2D eigenvalue weighted by molar-refractivity contribution is 0.573. The van der Waals surface area contributed by atoms with Gasteiger partial charge in [0.25, 0.3) is 0 Å². The molecule has 0 atom stereocenters. The fraction of sp³-hybridized carbons (Fsp3) is 0.364. The van der Waals surface area contributed by atoms with Crippen LogP contribution in [0, 0.1) is 0 Å². The number of aryl methyl sites for hydroxylation is 1. The molecule has 15 heavy (non-hydrogen) atoms. The molecule has 0 aliphatic rings. The molecule has 2 aromatic rings. The topological polar surface area (TPSA) is 38.1 Å². The maximum absolute atomic E-state index is 5.42. The molecule has 1 N–H and O–H groups in total. The van der Waals surface area contributed by atoms with Crippen molar-refractivity contribution in [2.45, 2.75) is 19.9 Å². The molecule has 0 saturated carbocycles. The van der Waals surface area contributed by atoms with Crippen molar-refractivity contribution in [1.82, 2.24) is 10.3 Å². The molecule has 2 aromatic heterocycles. The highest BCUT2D eigenvalue weighted by Gasteiger charge is 2.08. The molecule has 80 valence electrons. The Hall–Kier alpha value is -1.13. The molecular formula is C11H14N2OS. The highest BCUT2D eigenvalue weighted by atomic mass is 32.1. The average molecular weight is 222 g/mol. The van der Waals surface area contributed by atoms with E-state index < -0.39 is 0 Å². The summed E-state index contributed by atoms with van der Waals surface area (Å²) in [7, 11) is 1.90. The van der Waals surface area contributed by atoms with Gasteiger partial charge in [0.15, 0.2) is 0 Å². The number of nitrogens with one attached hydrogen (secondary N) is 1. The molecule has 0 amide bonds. The monoisotopic (exact) mass is 222 g/mol. The SMILES string of the molecule is CCc1ccc(-c2nc(CNC)co2)s1. The Balaban J connectivity index is 2.21. The van der Waals surface area contributed by atoms with Gasteiger partial charge in [0, 0.05) is 11.4 Å². The van der Waals surface area contributed by atoms with Crippen LogP contribution in [-0.2, 0) is 13.0 Å². The van der Waals surface area contributed by atoms with Crippen molar-refractivity contribution < 1.29 is 4.42 Å². The molecule has 2 heterocycles. The molecule has 3 nitrogen and oxygen atoms in total. The van der Waals surface area contributed by atoms with Gasteiger partial charge in [0.2, 0.25) is 5.89 Å². The van der Waals surface area contributed by atoms with Crippen molar-refractivity contribution in [3.05, 3.63) is 29.0 Å². The molecule has 0 saturated heterocycles. The summed E-state index contributed by atoms with van der Waals surface area (Å²) in [6.07, 6.45) is 2.77. The summed E-state index contributed by atoms with van der Waals surface area (Å²) in [6, 6.07) is 4.19. The minimum Gasteiger partial charge on any atom is -0.444 e. The summed E-state index contributed by atoms with van der Waals surface area (Å²) >= 11 is 1.74. The van der Waals surface area contributed by atoms with E-state index >= 15 is 0 Å². The maximum atomic E-state index is 5.42. The van der Waals surface area contributed by atoms with E-state index in [9.17, 15) is 0 Å². The molecule has 0 spiro atoms. The Labute approximate surface area is 93.2 Å². The van der Waals surface area contributed by atoms with Crippen LogP contribution in [0.1, 0.15) is 17.5 Å². The summed E-state index contributed by atoms with van der Waals surface area (Å²) < 4.78 is 5.42. The third-order valence-corrected chi connectivity index (χ3v) is 3.35. The number of oxazole rings is 1. The second-order valence-corrected chi connectivity index (χ2v) is 4.46. The quantitative estimate of drug-likeness (QED) is 0.864. The number of aromatic nitrogens is 1. The predicted molar refractivity (Wildman–Crippen MR) is 62.0 cm³/mol. The van der Waals surface area contributed by atoms with Crippen LogP contribution in [0.3, 0.4) is 0 Å². The van der Waals surface area contributed by atoms with Gasteiger partial charge in [0.05, 0.1) is 10.6 Å². The third kappa shape index (κ3) is 2.27. The van der Waals surface area contributed by atoms with Crippen LogP contribution in [0.15, 0.2) is 22.8 Å². The Kier molecular flexibility index (Phi) is 3.18. The third-order valence-electron chi connectivity index (χ3n) is 2.13. The first-order valence-corrected chi connectivity index (χ1v) is 5.83. The molecule has 0 aliphatic heterocycles. The Bertz CT molecular complexity index is 433. The van der Waals surface area contributed by atoms with E-state index in [-0.39, 0.29) is 0 Å². The first-order valence-electron chi connectivity index (χ1n) is 5.01. The number of hydrogen-bond acceptors (Lipinski definition) is 4. The molecule has 2 rings (SSSR count). The Morgan fingerprint density at radius 2 is 2.33 bits per heavy atom. The van der Waals surface area contributed by atoms with Crippen LogP contribution in [-0.4, -0.2) is 12.0 Å². The van der Waals surface area contributed by atoms with E-state index in [2.05, 4.69) is 29.4 Å². The average Bonchev–Trinajstić information content (AvgIpc) is 2.85. The van der Waals surface area contributed by atoms with Gasteiger partial charge in [0.1, 0.15) is 6.26 Å². The summed E-state index contributed by atoms with van der Waals surface area (Å²) in [5, 5.41) is 3.05. The highest BCUT2D eigenvalue weighted by molar-refractivity contribution is 7.15. The molecule has 0 aromatic carbocycles. The minimum absolute atomic E-state index is 0.727.